The number of alkyl carbamates (subject to hydrolysis) is 1. The Morgan fingerprint density at radius 3 is 2.00 bits per heavy atom. The quantitative estimate of drug-likeness (QED) is 0.214. The second-order valence-electron chi connectivity index (χ2n) is 11.7. The van der Waals surface area contributed by atoms with Crippen molar-refractivity contribution >= 4 is 12.0 Å². The van der Waals surface area contributed by atoms with Gasteiger partial charge in [0.2, 0.25) is 5.91 Å². The Balaban J connectivity index is 1.13. The van der Waals surface area contributed by atoms with E-state index in [1.165, 1.54) is 13.5 Å². The van der Waals surface area contributed by atoms with Crippen molar-refractivity contribution in [3.63, 3.8) is 0 Å². The molecule has 10 nitrogen and oxygen atoms in total. The molecule has 0 aliphatic carbocycles. The Bertz CT molecular complexity index is 1550. The van der Waals surface area contributed by atoms with Crippen molar-refractivity contribution < 1.29 is 14.3 Å². The van der Waals surface area contributed by atoms with E-state index in [0.29, 0.717) is 12.6 Å². The fourth-order valence-electron chi connectivity index (χ4n) is 6.11. The fourth-order valence-corrected chi connectivity index (χ4v) is 6.11. The number of amides is 2. The monoisotopic (exact) mass is 581 g/mol. The van der Waals surface area contributed by atoms with Gasteiger partial charge < -0.3 is 30.2 Å². The van der Waals surface area contributed by atoms with Crippen LogP contribution < -0.4 is 10.6 Å². The Kier molecular flexibility index (Phi) is 8.29. The number of aromatic amines is 2. The average molecular weight is 582 g/mol. The van der Waals surface area contributed by atoms with Crippen molar-refractivity contribution in [3.05, 3.63) is 72.6 Å². The number of nitrogens with zero attached hydrogens (tertiary/aromatic N) is 3. The first-order valence-electron chi connectivity index (χ1n) is 15.1. The number of rotatable bonds is 8. The number of nitrogens with one attached hydrogen (secondary N) is 4. The molecular weight excluding hydrogens is 542 g/mol. The highest BCUT2D eigenvalue weighted by Gasteiger charge is 2.37. The number of hydrogen-bond donors (Lipinski definition) is 4. The Morgan fingerprint density at radius 2 is 1.44 bits per heavy atom. The molecule has 0 radical (unpaired) electrons. The molecule has 6 rings (SSSR count). The lowest BCUT2D eigenvalue weighted by atomic mass is 10.0. The normalized spacial score (nSPS) is 19.1. The SMILES string of the molecule is COC(=O)N[C@H](C(=O)N1CCC[C@H]1c1ncc(-c2ccc(-c3ccc(-c4cnc(C5CCCN5)[nH]4)cc3)cc2)[nH]1)C(C)C. The summed E-state index contributed by atoms with van der Waals surface area (Å²) in [6.45, 7) is 5.50. The van der Waals surface area contributed by atoms with Crippen LogP contribution in [0.1, 0.15) is 63.3 Å². The van der Waals surface area contributed by atoms with Crippen LogP contribution in [-0.2, 0) is 9.53 Å². The molecule has 2 amide bonds. The first-order chi connectivity index (χ1) is 20.9. The summed E-state index contributed by atoms with van der Waals surface area (Å²) in [5.41, 5.74) is 6.33. The van der Waals surface area contributed by atoms with Crippen molar-refractivity contribution in [2.75, 3.05) is 20.2 Å². The number of H-pyrrole nitrogens is 2. The van der Waals surface area contributed by atoms with E-state index in [9.17, 15) is 9.59 Å². The molecule has 3 atom stereocenters. The second kappa shape index (κ2) is 12.4. The number of hydrogen-bond acceptors (Lipinski definition) is 6. The Hall–Kier alpha value is -4.44. The maximum absolute atomic E-state index is 13.4. The Morgan fingerprint density at radius 1 is 0.860 bits per heavy atom. The van der Waals surface area contributed by atoms with Gasteiger partial charge in [-0.25, -0.2) is 14.8 Å². The van der Waals surface area contributed by atoms with E-state index in [1.807, 2.05) is 31.1 Å². The highest BCUT2D eigenvalue weighted by molar-refractivity contribution is 5.86. The zero-order valence-corrected chi connectivity index (χ0v) is 24.9. The predicted molar refractivity (Wildman–Crippen MR) is 165 cm³/mol. The third kappa shape index (κ3) is 6.06. The van der Waals surface area contributed by atoms with Gasteiger partial charge in [-0.05, 0) is 60.4 Å². The number of benzene rings is 2. The van der Waals surface area contributed by atoms with Crippen LogP contribution in [0, 0.1) is 5.92 Å². The average Bonchev–Trinajstić information content (AvgIpc) is 3.86. The van der Waals surface area contributed by atoms with Gasteiger partial charge >= 0.3 is 6.09 Å². The number of methoxy groups -OCH3 is 1. The first kappa shape index (κ1) is 28.7. The molecule has 2 fully saturated rings. The second-order valence-corrected chi connectivity index (χ2v) is 11.7. The summed E-state index contributed by atoms with van der Waals surface area (Å²) in [5.74, 6) is 1.57. The minimum Gasteiger partial charge on any atom is -0.453 e. The van der Waals surface area contributed by atoms with Crippen molar-refractivity contribution in [2.45, 2.75) is 57.7 Å². The highest BCUT2D eigenvalue weighted by atomic mass is 16.5. The van der Waals surface area contributed by atoms with Gasteiger partial charge in [0.15, 0.2) is 0 Å². The number of imidazole rings is 2. The summed E-state index contributed by atoms with van der Waals surface area (Å²) in [5, 5.41) is 6.19. The topological polar surface area (TPSA) is 128 Å². The minimum atomic E-state index is -0.657. The lowest BCUT2D eigenvalue weighted by Crippen LogP contribution is -2.51. The summed E-state index contributed by atoms with van der Waals surface area (Å²) in [6, 6.07) is 16.4. The summed E-state index contributed by atoms with van der Waals surface area (Å²) < 4.78 is 4.74. The molecule has 2 aliphatic rings. The molecule has 2 aromatic heterocycles. The molecule has 1 unspecified atom stereocenters. The van der Waals surface area contributed by atoms with Crippen LogP contribution >= 0.6 is 0 Å². The van der Waals surface area contributed by atoms with Gasteiger partial charge in [0.1, 0.15) is 17.7 Å². The molecule has 224 valence electrons. The Labute approximate surface area is 251 Å². The molecule has 0 bridgehead atoms. The van der Waals surface area contributed by atoms with E-state index in [1.54, 1.807) is 0 Å². The van der Waals surface area contributed by atoms with Crippen molar-refractivity contribution in [1.82, 2.24) is 35.5 Å². The number of ether oxygens (including phenoxy) is 1. The summed E-state index contributed by atoms with van der Waals surface area (Å²) in [7, 11) is 1.30. The molecular formula is C33H39N7O3. The van der Waals surface area contributed by atoms with E-state index < -0.39 is 12.1 Å². The van der Waals surface area contributed by atoms with Gasteiger partial charge in [-0.1, -0.05) is 62.4 Å². The van der Waals surface area contributed by atoms with Crippen LogP contribution in [0.15, 0.2) is 60.9 Å². The van der Waals surface area contributed by atoms with Crippen LogP contribution in [0.5, 0.6) is 0 Å². The van der Waals surface area contributed by atoms with E-state index in [2.05, 4.69) is 79.1 Å². The molecule has 43 heavy (non-hydrogen) atoms. The smallest absolute Gasteiger partial charge is 0.407 e. The van der Waals surface area contributed by atoms with Crippen LogP contribution in [0.2, 0.25) is 0 Å². The van der Waals surface area contributed by atoms with E-state index in [4.69, 9.17) is 4.74 Å². The van der Waals surface area contributed by atoms with Gasteiger partial charge in [0.25, 0.3) is 0 Å². The maximum atomic E-state index is 13.4. The van der Waals surface area contributed by atoms with Crippen LogP contribution in [0.3, 0.4) is 0 Å². The predicted octanol–water partition coefficient (Wildman–Crippen LogP) is 5.60. The molecule has 2 aliphatic heterocycles. The van der Waals surface area contributed by atoms with Crippen LogP contribution in [-0.4, -0.2) is 63.1 Å². The van der Waals surface area contributed by atoms with Crippen LogP contribution in [0.25, 0.3) is 33.6 Å². The summed E-state index contributed by atoms with van der Waals surface area (Å²) >= 11 is 0. The van der Waals surface area contributed by atoms with Crippen molar-refractivity contribution in [2.24, 2.45) is 5.92 Å². The van der Waals surface area contributed by atoms with Gasteiger partial charge in [0, 0.05) is 6.54 Å². The van der Waals surface area contributed by atoms with Gasteiger partial charge in [0.05, 0.1) is 43.0 Å². The number of likely N-dealkylation sites (tertiary alicyclic amines) is 1. The van der Waals surface area contributed by atoms with Gasteiger partial charge in [-0.15, -0.1) is 0 Å². The zero-order chi connectivity index (χ0) is 29.9. The molecule has 2 saturated heterocycles. The largest absolute Gasteiger partial charge is 0.453 e. The standard InChI is InChI=1S/C33H39N7O3/c1-20(2)29(39-33(42)43-3)32(41)40-17-5-7-28(40)31-36-19-27(38-31)24-14-10-22(11-15-24)21-8-12-23(13-9-21)26-18-35-30(37-26)25-6-4-16-34-25/h8-15,18-20,25,28-29,34H,4-7,16-17H2,1-3H3,(H,35,37)(H,36,38)(H,39,42)/t25?,28-,29-/m0/s1. The minimum absolute atomic E-state index is 0.0767. The molecule has 0 saturated carbocycles. The molecule has 0 spiro atoms. The van der Waals surface area contributed by atoms with E-state index in [0.717, 1.165) is 71.1 Å². The third-order valence-electron chi connectivity index (χ3n) is 8.55. The zero-order valence-electron chi connectivity index (χ0n) is 24.9. The number of carbonyl (C=O) groups excluding carboxylic acids is 2. The van der Waals surface area contributed by atoms with Crippen LogP contribution in [0.4, 0.5) is 4.79 Å². The fraction of sp³-hybridized carbons (Fsp3) is 0.394. The lowest BCUT2D eigenvalue weighted by molar-refractivity contribution is -0.135. The first-order valence-corrected chi connectivity index (χ1v) is 15.1. The number of aromatic nitrogens is 4. The van der Waals surface area contributed by atoms with Gasteiger partial charge in [-0.2, -0.15) is 0 Å². The number of carbonyl (C=O) groups is 2. The summed E-state index contributed by atoms with van der Waals surface area (Å²) in [6.07, 6.45) is 7.14. The van der Waals surface area contributed by atoms with Crippen molar-refractivity contribution in [1.29, 1.82) is 0 Å². The molecule has 4 aromatic rings. The maximum Gasteiger partial charge on any atom is 0.407 e. The summed E-state index contributed by atoms with van der Waals surface area (Å²) in [4.78, 5) is 43.3. The highest BCUT2D eigenvalue weighted by Crippen LogP contribution is 2.33. The lowest BCUT2D eigenvalue weighted by Gasteiger charge is -2.30. The van der Waals surface area contributed by atoms with Crippen molar-refractivity contribution in [3.8, 4) is 33.6 Å². The van der Waals surface area contributed by atoms with E-state index >= 15 is 0 Å². The molecule has 10 heteroatoms. The van der Waals surface area contributed by atoms with Gasteiger partial charge in [-0.3, -0.25) is 4.79 Å². The molecule has 4 N–H and O–H groups in total. The molecule has 4 heterocycles. The third-order valence-corrected chi connectivity index (χ3v) is 8.55. The molecule has 2 aromatic carbocycles. The van der Waals surface area contributed by atoms with E-state index in [-0.39, 0.29) is 17.9 Å².